The zero-order valence-electron chi connectivity index (χ0n) is 13.7. The van der Waals surface area contributed by atoms with Crippen molar-refractivity contribution in [3.8, 4) is 17.0 Å². The van der Waals surface area contributed by atoms with E-state index >= 15 is 0 Å². The number of hydrogen-bond donors (Lipinski definition) is 1. The van der Waals surface area contributed by atoms with Gasteiger partial charge in [-0.2, -0.15) is 0 Å². The van der Waals surface area contributed by atoms with Gasteiger partial charge in [-0.3, -0.25) is 14.6 Å². The molecule has 1 fully saturated rings. The number of alkyl halides is 1. The molecule has 2 heterocycles. The van der Waals surface area contributed by atoms with Crippen molar-refractivity contribution in [2.24, 2.45) is 5.73 Å². The summed E-state index contributed by atoms with van der Waals surface area (Å²) in [4.78, 5) is 29.8. The van der Waals surface area contributed by atoms with Gasteiger partial charge in [-0.05, 0) is 30.3 Å². The summed E-state index contributed by atoms with van der Waals surface area (Å²) >= 11 is 0. The van der Waals surface area contributed by atoms with Crippen molar-refractivity contribution >= 4 is 11.8 Å². The molecule has 0 bridgehead atoms. The molecule has 1 aliphatic rings. The Hall–Kier alpha value is -2.96. The molecule has 3 rings (SSSR count). The molecule has 2 aromatic rings. The van der Waals surface area contributed by atoms with E-state index in [4.69, 9.17) is 10.5 Å². The molecule has 0 aliphatic carbocycles. The SMILES string of the molecule is COc1ccc(C(=O)N2C[C@H](F)C[C@H]2C(N)=O)cc1-c1ccccn1. The van der Waals surface area contributed by atoms with Gasteiger partial charge in [-0.15, -0.1) is 0 Å². The molecular weight excluding hydrogens is 325 g/mol. The van der Waals surface area contributed by atoms with Crippen molar-refractivity contribution in [2.45, 2.75) is 18.6 Å². The third kappa shape index (κ3) is 3.31. The number of primary amides is 1. The number of carbonyl (C=O) groups is 2. The van der Waals surface area contributed by atoms with Gasteiger partial charge in [0.15, 0.2) is 0 Å². The molecule has 0 radical (unpaired) electrons. The van der Waals surface area contributed by atoms with Crippen LogP contribution >= 0.6 is 0 Å². The number of halogens is 1. The lowest BCUT2D eigenvalue weighted by atomic mass is 10.0. The summed E-state index contributed by atoms with van der Waals surface area (Å²) in [6.45, 7) is -0.141. The van der Waals surface area contributed by atoms with Gasteiger partial charge in [0, 0.05) is 23.7 Å². The Morgan fingerprint density at radius 2 is 2.12 bits per heavy atom. The first kappa shape index (κ1) is 16.9. The first-order chi connectivity index (χ1) is 12.0. The first-order valence-electron chi connectivity index (χ1n) is 7.85. The monoisotopic (exact) mass is 343 g/mol. The number of methoxy groups -OCH3 is 1. The zero-order chi connectivity index (χ0) is 18.0. The zero-order valence-corrected chi connectivity index (χ0v) is 13.7. The summed E-state index contributed by atoms with van der Waals surface area (Å²) in [5.74, 6) is -0.581. The second-order valence-corrected chi connectivity index (χ2v) is 5.84. The van der Waals surface area contributed by atoms with Gasteiger partial charge in [-0.25, -0.2) is 4.39 Å². The van der Waals surface area contributed by atoms with Gasteiger partial charge in [0.25, 0.3) is 5.91 Å². The van der Waals surface area contributed by atoms with Gasteiger partial charge in [0.05, 0.1) is 19.3 Å². The largest absolute Gasteiger partial charge is 0.496 e. The number of benzene rings is 1. The van der Waals surface area contributed by atoms with E-state index in [1.807, 2.05) is 6.07 Å². The number of aromatic nitrogens is 1. The normalized spacial score (nSPS) is 19.7. The maximum absolute atomic E-state index is 13.7. The van der Waals surface area contributed by atoms with E-state index in [0.717, 1.165) is 0 Å². The summed E-state index contributed by atoms with van der Waals surface area (Å²) in [5.41, 5.74) is 6.91. The lowest BCUT2D eigenvalue weighted by Gasteiger charge is -2.22. The third-order valence-corrected chi connectivity index (χ3v) is 4.23. The maximum Gasteiger partial charge on any atom is 0.254 e. The van der Waals surface area contributed by atoms with E-state index in [1.54, 1.807) is 36.5 Å². The van der Waals surface area contributed by atoms with Crippen LogP contribution in [0, 0.1) is 0 Å². The number of likely N-dealkylation sites (tertiary alicyclic amines) is 1. The number of rotatable bonds is 4. The van der Waals surface area contributed by atoms with Gasteiger partial charge in [0.2, 0.25) is 5.91 Å². The summed E-state index contributed by atoms with van der Waals surface area (Å²) < 4.78 is 19.0. The van der Waals surface area contributed by atoms with Crippen LogP contribution < -0.4 is 10.5 Å². The van der Waals surface area contributed by atoms with Crippen LogP contribution in [0.4, 0.5) is 4.39 Å². The molecule has 2 N–H and O–H groups in total. The molecule has 2 amide bonds. The second kappa shape index (κ2) is 6.88. The standard InChI is InChI=1S/C18H18FN3O3/c1-25-16-6-5-11(8-13(16)14-4-2-3-7-21-14)18(24)22-10-12(19)9-15(22)17(20)23/h2-8,12,15H,9-10H2,1H3,(H2,20,23)/t12-,15+/m1/s1. The fourth-order valence-corrected chi connectivity index (χ4v) is 3.01. The minimum absolute atomic E-state index is 0.0652. The van der Waals surface area contributed by atoms with E-state index in [9.17, 15) is 14.0 Å². The van der Waals surface area contributed by atoms with Crippen LogP contribution in [0.25, 0.3) is 11.3 Å². The van der Waals surface area contributed by atoms with Crippen LogP contribution in [0.15, 0.2) is 42.6 Å². The van der Waals surface area contributed by atoms with Crippen LogP contribution in [0.2, 0.25) is 0 Å². The highest BCUT2D eigenvalue weighted by atomic mass is 19.1. The predicted octanol–water partition coefficient (Wildman–Crippen LogP) is 1.80. The number of amides is 2. The second-order valence-electron chi connectivity index (χ2n) is 5.84. The van der Waals surface area contributed by atoms with Crippen molar-refractivity contribution in [3.63, 3.8) is 0 Å². The molecule has 6 nitrogen and oxygen atoms in total. The Balaban J connectivity index is 1.98. The van der Waals surface area contributed by atoms with Crippen molar-refractivity contribution in [1.82, 2.24) is 9.88 Å². The van der Waals surface area contributed by atoms with Crippen LogP contribution in [0.3, 0.4) is 0 Å². The Morgan fingerprint density at radius 1 is 1.32 bits per heavy atom. The Bertz CT molecular complexity index is 797. The lowest BCUT2D eigenvalue weighted by molar-refractivity contribution is -0.121. The summed E-state index contributed by atoms with van der Waals surface area (Å²) in [6, 6.07) is 9.35. The molecule has 0 saturated carbocycles. The van der Waals surface area contributed by atoms with Gasteiger partial charge < -0.3 is 15.4 Å². The molecule has 1 aliphatic heterocycles. The number of ether oxygens (including phenoxy) is 1. The Labute approximate surface area is 144 Å². The minimum Gasteiger partial charge on any atom is -0.496 e. The van der Waals surface area contributed by atoms with Crippen LogP contribution in [-0.4, -0.2) is 47.6 Å². The molecule has 1 aromatic heterocycles. The van der Waals surface area contributed by atoms with Crippen molar-refractivity contribution in [3.05, 3.63) is 48.2 Å². The average Bonchev–Trinajstić information content (AvgIpc) is 3.03. The Kier molecular flexibility index (Phi) is 4.65. The van der Waals surface area contributed by atoms with Gasteiger partial charge in [0.1, 0.15) is 18.0 Å². The molecule has 25 heavy (non-hydrogen) atoms. The summed E-state index contributed by atoms with van der Waals surface area (Å²) in [6.07, 6.45) is 0.320. The third-order valence-electron chi connectivity index (χ3n) is 4.23. The van der Waals surface area contributed by atoms with E-state index in [0.29, 0.717) is 22.6 Å². The van der Waals surface area contributed by atoms with Crippen LogP contribution in [-0.2, 0) is 4.79 Å². The molecule has 130 valence electrons. The fourth-order valence-electron chi connectivity index (χ4n) is 3.01. The van der Waals surface area contributed by atoms with Crippen molar-refractivity contribution in [1.29, 1.82) is 0 Å². The van der Waals surface area contributed by atoms with Gasteiger partial charge in [-0.1, -0.05) is 6.07 Å². The van der Waals surface area contributed by atoms with Crippen LogP contribution in [0.5, 0.6) is 5.75 Å². The summed E-state index contributed by atoms with van der Waals surface area (Å²) in [5, 5.41) is 0. The first-order valence-corrected chi connectivity index (χ1v) is 7.85. The molecule has 2 atom stereocenters. The number of nitrogens with two attached hydrogens (primary N) is 1. The maximum atomic E-state index is 13.7. The predicted molar refractivity (Wildman–Crippen MR) is 89.8 cm³/mol. The number of pyridine rings is 1. The smallest absolute Gasteiger partial charge is 0.254 e. The van der Waals surface area contributed by atoms with E-state index in [1.165, 1.54) is 12.0 Å². The molecule has 1 aromatic carbocycles. The van der Waals surface area contributed by atoms with E-state index < -0.39 is 24.0 Å². The van der Waals surface area contributed by atoms with E-state index in [2.05, 4.69) is 4.98 Å². The highest BCUT2D eigenvalue weighted by molar-refractivity contribution is 5.99. The molecule has 1 saturated heterocycles. The van der Waals surface area contributed by atoms with Crippen molar-refractivity contribution < 1.29 is 18.7 Å². The molecular formula is C18H18FN3O3. The number of nitrogens with zero attached hydrogens (tertiary/aromatic N) is 2. The summed E-state index contributed by atoms with van der Waals surface area (Å²) in [7, 11) is 1.53. The average molecular weight is 343 g/mol. The highest BCUT2D eigenvalue weighted by Crippen LogP contribution is 2.31. The van der Waals surface area contributed by atoms with E-state index in [-0.39, 0.29) is 13.0 Å². The molecule has 7 heteroatoms. The minimum atomic E-state index is -1.25. The highest BCUT2D eigenvalue weighted by Gasteiger charge is 2.39. The topological polar surface area (TPSA) is 85.5 Å². The van der Waals surface area contributed by atoms with Gasteiger partial charge >= 0.3 is 0 Å². The fraction of sp³-hybridized carbons (Fsp3) is 0.278. The van der Waals surface area contributed by atoms with Crippen LogP contribution in [0.1, 0.15) is 16.8 Å². The number of carbonyl (C=O) groups excluding carboxylic acids is 2. The number of hydrogen-bond acceptors (Lipinski definition) is 4. The molecule has 0 spiro atoms. The lowest BCUT2D eigenvalue weighted by Crippen LogP contribution is -2.43. The quantitative estimate of drug-likeness (QED) is 0.917. The van der Waals surface area contributed by atoms with Crippen molar-refractivity contribution in [2.75, 3.05) is 13.7 Å². The molecule has 0 unspecified atom stereocenters. The Morgan fingerprint density at radius 3 is 2.76 bits per heavy atom.